The monoisotopic (exact) mass is 242 g/mol. The highest BCUT2D eigenvalue weighted by molar-refractivity contribution is 7.99. The van der Waals surface area contributed by atoms with E-state index in [1.165, 1.54) is 12.8 Å². The average molecular weight is 242 g/mol. The second-order valence-electron chi connectivity index (χ2n) is 4.38. The van der Waals surface area contributed by atoms with Crippen LogP contribution < -0.4 is 11.0 Å². The second-order valence-corrected chi connectivity index (χ2v) is 5.37. The lowest BCUT2D eigenvalue weighted by Crippen LogP contribution is -2.24. The Labute approximate surface area is 99.0 Å². The van der Waals surface area contributed by atoms with Crippen LogP contribution in [0.3, 0.4) is 0 Å². The lowest BCUT2D eigenvalue weighted by Gasteiger charge is -2.11. The first-order valence-corrected chi connectivity index (χ1v) is 6.70. The molecule has 1 saturated heterocycles. The van der Waals surface area contributed by atoms with Crippen molar-refractivity contribution in [2.45, 2.75) is 43.9 Å². The van der Waals surface area contributed by atoms with E-state index in [-0.39, 0.29) is 11.7 Å². The van der Waals surface area contributed by atoms with Gasteiger partial charge in [-0.1, -0.05) is 11.8 Å². The molecule has 0 aromatic carbocycles. The molecule has 1 fully saturated rings. The fourth-order valence-corrected chi connectivity index (χ4v) is 3.10. The Bertz CT molecular complexity index is 392. The van der Waals surface area contributed by atoms with E-state index in [4.69, 9.17) is 0 Å². The van der Waals surface area contributed by atoms with Crippen molar-refractivity contribution in [3.05, 3.63) is 10.5 Å². The third kappa shape index (κ3) is 2.49. The zero-order chi connectivity index (χ0) is 11.5. The molecule has 0 radical (unpaired) electrons. The van der Waals surface area contributed by atoms with Crippen LogP contribution in [0.4, 0.5) is 0 Å². The largest absolute Gasteiger partial charge is 0.344 e. The van der Waals surface area contributed by atoms with Crippen LogP contribution in [-0.2, 0) is 0 Å². The molecular weight excluding hydrogens is 224 g/mol. The van der Waals surface area contributed by atoms with Crippen molar-refractivity contribution >= 4 is 11.8 Å². The minimum Gasteiger partial charge on any atom is -0.313 e. The van der Waals surface area contributed by atoms with Crippen molar-refractivity contribution in [1.82, 2.24) is 20.1 Å². The lowest BCUT2D eigenvalue weighted by molar-refractivity contribution is 0.533. The Balaban J connectivity index is 2.00. The second kappa shape index (κ2) is 5.05. The van der Waals surface area contributed by atoms with Crippen LogP contribution in [0.15, 0.2) is 9.95 Å². The number of aromatic amines is 1. The molecule has 0 amide bonds. The number of nitrogens with zero attached hydrogens (tertiary/aromatic N) is 2. The number of rotatable bonds is 4. The van der Waals surface area contributed by atoms with Gasteiger partial charge in [0.2, 0.25) is 0 Å². The molecule has 0 bridgehead atoms. The van der Waals surface area contributed by atoms with Crippen molar-refractivity contribution in [3.8, 4) is 0 Å². The van der Waals surface area contributed by atoms with Crippen molar-refractivity contribution < 1.29 is 0 Å². The van der Waals surface area contributed by atoms with Gasteiger partial charge in [-0.3, -0.25) is 4.57 Å². The number of nitrogens with one attached hydrogen (secondary N) is 2. The quantitative estimate of drug-likeness (QED) is 0.773. The van der Waals surface area contributed by atoms with E-state index in [1.54, 1.807) is 16.3 Å². The molecule has 1 atom stereocenters. The molecule has 90 valence electrons. The van der Waals surface area contributed by atoms with E-state index >= 15 is 0 Å². The normalized spacial score (nSPS) is 20.8. The van der Waals surface area contributed by atoms with Crippen LogP contribution in [0.1, 0.15) is 32.7 Å². The molecule has 6 heteroatoms. The number of hydrogen-bond donors (Lipinski definition) is 2. The van der Waals surface area contributed by atoms with Crippen molar-refractivity contribution in [3.63, 3.8) is 0 Å². The molecular formula is C10H18N4OS. The average Bonchev–Trinajstić information content (AvgIpc) is 2.83. The van der Waals surface area contributed by atoms with E-state index in [0.29, 0.717) is 6.04 Å². The Morgan fingerprint density at radius 2 is 2.44 bits per heavy atom. The minimum absolute atomic E-state index is 0.114. The van der Waals surface area contributed by atoms with E-state index in [2.05, 4.69) is 15.5 Å². The summed E-state index contributed by atoms with van der Waals surface area (Å²) in [6, 6.07) is 0.725. The molecule has 0 aliphatic carbocycles. The maximum absolute atomic E-state index is 11.5. The maximum atomic E-state index is 11.5. The summed E-state index contributed by atoms with van der Waals surface area (Å²) in [6.45, 7) is 5.10. The zero-order valence-electron chi connectivity index (χ0n) is 9.69. The summed E-state index contributed by atoms with van der Waals surface area (Å²) in [5.74, 6) is 0.983. The first-order chi connectivity index (χ1) is 7.68. The summed E-state index contributed by atoms with van der Waals surface area (Å²) in [5, 5.41) is 10.8. The van der Waals surface area contributed by atoms with Gasteiger partial charge in [-0.25, -0.2) is 9.89 Å². The molecule has 2 rings (SSSR count). The Hall–Kier alpha value is -0.750. The SMILES string of the molecule is CC(C)n1c(SC[C@H]2CCCN2)n[nH]c1=O. The molecule has 1 aromatic heterocycles. The first-order valence-electron chi connectivity index (χ1n) is 5.71. The highest BCUT2D eigenvalue weighted by Gasteiger charge is 2.17. The smallest absolute Gasteiger partial charge is 0.313 e. The van der Waals surface area contributed by atoms with Gasteiger partial charge in [0.15, 0.2) is 5.16 Å². The summed E-state index contributed by atoms with van der Waals surface area (Å²) in [7, 11) is 0. The Morgan fingerprint density at radius 3 is 3.06 bits per heavy atom. The van der Waals surface area contributed by atoms with Gasteiger partial charge in [-0.2, -0.15) is 0 Å². The maximum Gasteiger partial charge on any atom is 0.344 e. The van der Waals surface area contributed by atoms with Crippen LogP contribution in [-0.4, -0.2) is 33.1 Å². The van der Waals surface area contributed by atoms with Gasteiger partial charge >= 0.3 is 5.69 Å². The van der Waals surface area contributed by atoms with Gasteiger partial charge in [-0.05, 0) is 33.2 Å². The van der Waals surface area contributed by atoms with Crippen LogP contribution in [0.5, 0.6) is 0 Å². The Kier molecular flexibility index (Phi) is 3.70. The van der Waals surface area contributed by atoms with Crippen molar-refractivity contribution in [2.24, 2.45) is 0 Å². The van der Waals surface area contributed by atoms with Crippen LogP contribution >= 0.6 is 11.8 Å². The fraction of sp³-hybridized carbons (Fsp3) is 0.800. The molecule has 1 aromatic rings. The van der Waals surface area contributed by atoms with E-state index in [9.17, 15) is 4.79 Å². The van der Waals surface area contributed by atoms with Gasteiger partial charge in [0, 0.05) is 17.8 Å². The molecule has 2 heterocycles. The van der Waals surface area contributed by atoms with Crippen LogP contribution in [0.2, 0.25) is 0 Å². The predicted molar refractivity (Wildman–Crippen MR) is 65.0 cm³/mol. The number of thioether (sulfide) groups is 1. The molecule has 1 aliphatic heterocycles. The number of aromatic nitrogens is 3. The van der Waals surface area contributed by atoms with Gasteiger partial charge in [0.1, 0.15) is 0 Å². The highest BCUT2D eigenvalue weighted by Crippen LogP contribution is 2.20. The standard InChI is InChI=1S/C10H18N4OS/c1-7(2)14-9(15)12-13-10(14)16-6-8-4-3-5-11-8/h7-8,11H,3-6H2,1-2H3,(H,12,15)/t8-/m1/s1. The topological polar surface area (TPSA) is 62.7 Å². The third-order valence-corrected chi connectivity index (χ3v) is 3.88. The molecule has 0 spiro atoms. The molecule has 1 aliphatic rings. The fourth-order valence-electron chi connectivity index (χ4n) is 1.92. The number of H-pyrrole nitrogens is 1. The molecule has 0 unspecified atom stereocenters. The molecule has 5 nitrogen and oxygen atoms in total. The summed E-state index contributed by atoms with van der Waals surface area (Å²) in [5.41, 5.74) is -0.114. The summed E-state index contributed by atoms with van der Waals surface area (Å²) >= 11 is 1.65. The van der Waals surface area contributed by atoms with Gasteiger partial charge in [-0.15, -0.1) is 5.10 Å². The first kappa shape index (κ1) is 11.7. The van der Waals surface area contributed by atoms with Gasteiger partial charge in [0.05, 0.1) is 0 Å². The molecule has 2 N–H and O–H groups in total. The minimum atomic E-state index is -0.114. The zero-order valence-corrected chi connectivity index (χ0v) is 10.5. The number of hydrogen-bond acceptors (Lipinski definition) is 4. The van der Waals surface area contributed by atoms with Crippen molar-refractivity contribution in [1.29, 1.82) is 0 Å². The van der Waals surface area contributed by atoms with Crippen LogP contribution in [0.25, 0.3) is 0 Å². The van der Waals surface area contributed by atoms with E-state index < -0.39 is 0 Å². The van der Waals surface area contributed by atoms with E-state index in [1.807, 2.05) is 13.8 Å². The summed E-state index contributed by atoms with van der Waals surface area (Å²) in [6.07, 6.45) is 2.48. The molecule has 16 heavy (non-hydrogen) atoms. The third-order valence-electron chi connectivity index (χ3n) is 2.76. The van der Waals surface area contributed by atoms with Crippen LogP contribution in [0, 0.1) is 0 Å². The van der Waals surface area contributed by atoms with Gasteiger partial charge in [0.25, 0.3) is 0 Å². The van der Waals surface area contributed by atoms with E-state index in [0.717, 1.165) is 17.5 Å². The predicted octanol–water partition coefficient (Wildman–Crippen LogP) is 0.996. The van der Waals surface area contributed by atoms with Gasteiger partial charge < -0.3 is 5.32 Å². The summed E-state index contributed by atoms with van der Waals surface area (Å²) < 4.78 is 1.71. The summed E-state index contributed by atoms with van der Waals surface area (Å²) in [4.78, 5) is 11.5. The molecule has 0 saturated carbocycles. The Morgan fingerprint density at radius 1 is 1.62 bits per heavy atom. The lowest BCUT2D eigenvalue weighted by atomic mass is 10.3. The highest BCUT2D eigenvalue weighted by atomic mass is 32.2. The van der Waals surface area contributed by atoms with Crippen molar-refractivity contribution in [2.75, 3.05) is 12.3 Å².